The van der Waals surface area contributed by atoms with Crippen molar-refractivity contribution in [3.8, 4) is 22.3 Å². The third kappa shape index (κ3) is 2.00. The first-order chi connectivity index (χ1) is 12.3. The van der Waals surface area contributed by atoms with Crippen molar-refractivity contribution >= 4 is 28.2 Å². The highest BCUT2D eigenvalue weighted by Gasteiger charge is 2.28. The number of halogens is 1. The average molecular weight is 341 g/mol. The van der Waals surface area contributed by atoms with E-state index in [1.54, 1.807) is 0 Å². The Hall–Kier alpha value is -2.90. The molecule has 0 amide bonds. The van der Waals surface area contributed by atoms with E-state index in [1.807, 2.05) is 66.7 Å². The molecule has 0 spiro atoms. The molecule has 0 unspecified atom stereocenters. The Balaban J connectivity index is 2.04. The van der Waals surface area contributed by atoms with Crippen LogP contribution in [0.5, 0.6) is 0 Å². The lowest BCUT2D eigenvalue weighted by Gasteiger charge is -2.23. The minimum absolute atomic E-state index is 0.0787. The highest BCUT2D eigenvalue weighted by atomic mass is 35.5. The Morgan fingerprint density at radius 2 is 1.32 bits per heavy atom. The molecular formula is C23H13ClO. The predicted octanol–water partition coefficient (Wildman–Crippen LogP) is 6.37. The molecule has 4 aromatic carbocycles. The van der Waals surface area contributed by atoms with Crippen LogP contribution in [-0.4, -0.2) is 5.78 Å². The first kappa shape index (κ1) is 14.4. The van der Waals surface area contributed by atoms with Crippen molar-refractivity contribution in [3.63, 3.8) is 0 Å². The van der Waals surface area contributed by atoms with E-state index in [9.17, 15) is 4.79 Å². The number of benzene rings is 4. The van der Waals surface area contributed by atoms with Crippen molar-refractivity contribution in [3.05, 3.63) is 95.0 Å². The van der Waals surface area contributed by atoms with Gasteiger partial charge < -0.3 is 0 Å². The summed E-state index contributed by atoms with van der Waals surface area (Å²) in [6.45, 7) is 0. The largest absolute Gasteiger partial charge is 0.289 e. The van der Waals surface area contributed by atoms with E-state index in [1.165, 1.54) is 0 Å². The fraction of sp³-hybridized carbons (Fsp3) is 0. The predicted molar refractivity (Wildman–Crippen MR) is 103 cm³/mol. The first-order valence-corrected chi connectivity index (χ1v) is 8.58. The topological polar surface area (TPSA) is 17.1 Å². The zero-order chi connectivity index (χ0) is 17.0. The molecule has 0 radical (unpaired) electrons. The van der Waals surface area contributed by atoms with Crippen LogP contribution in [-0.2, 0) is 0 Å². The van der Waals surface area contributed by atoms with Gasteiger partial charge in [-0.3, -0.25) is 4.79 Å². The molecule has 1 aliphatic carbocycles. The molecule has 0 saturated heterocycles. The lowest BCUT2D eigenvalue weighted by molar-refractivity contribution is 0.104. The van der Waals surface area contributed by atoms with Crippen LogP contribution in [0.3, 0.4) is 0 Å². The molecule has 5 rings (SSSR count). The molecule has 0 saturated carbocycles. The van der Waals surface area contributed by atoms with Crippen LogP contribution in [0.25, 0.3) is 33.0 Å². The summed E-state index contributed by atoms with van der Waals surface area (Å²) in [6.07, 6.45) is 0. The van der Waals surface area contributed by atoms with Crippen LogP contribution in [0.4, 0.5) is 0 Å². The molecule has 1 nitrogen and oxygen atoms in total. The number of hydrogen-bond acceptors (Lipinski definition) is 1. The number of rotatable bonds is 1. The number of carbonyl (C=O) groups is 1. The standard InChI is InChI=1S/C23H13ClO/c24-19-13-15-9-6-12-18-20(15)22(21(19)14-7-2-1-3-8-14)16-10-4-5-11-17(16)23(18)25/h1-13H. The molecule has 0 atom stereocenters. The third-order valence-corrected chi connectivity index (χ3v) is 5.16. The molecular weight excluding hydrogens is 328 g/mol. The maximum absolute atomic E-state index is 13.0. The Bertz CT molecular complexity index is 1160. The van der Waals surface area contributed by atoms with Crippen molar-refractivity contribution in [1.29, 1.82) is 0 Å². The Morgan fingerprint density at radius 1 is 0.640 bits per heavy atom. The van der Waals surface area contributed by atoms with Crippen LogP contribution in [0.15, 0.2) is 78.9 Å². The van der Waals surface area contributed by atoms with Gasteiger partial charge in [0.15, 0.2) is 5.78 Å². The van der Waals surface area contributed by atoms with E-state index in [0.29, 0.717) is 5.02 Å². The normalized spacial score (nSPS) is 12.3. The van der Waals surface area contributed by atoms with E-state index in [0.717, 1.165) is 44.2 Å². The second-order valence-electron chi connectivity index (χ2n) is 6.25. The Labute approximate surface area is 150 Å². The SMILES string of the molecule is O=C1c2ccccc2-c2c(-c3ccccc3)c(Cl)cc3cccc1c23. The van der Waals surface area contributed by atoms with E-state index in [2.05, 4.69) is 12.1 Å². The highest BCUT2D eigenvalue weighted by molar-refractivity contribution is 6.37. The second-order valence-corrected chi connectivity index (χ2v) is 6.66. The Morgan fingerprint density at radius 3 is 2.12 bits per heavy atom. The van der Waals surface area contributed by atoms with E-state index in [4.69, 9.17) is 11.6 Å². The van der Waals surface area contributed by atoms with Gasteiger partial charge in [-0.2, -0.15) is 0 Å². The first-order valence-electron chi connectivity index (χ1n) is 8.20. The van der Waals surface area contributed by atoms with Crippen molar-refractivity contribution in [2.24, 2.45) is 0 Å². The summed E-state index contributed by atoms with van der Waals surface area (Å²) in [5.41, 5.74) is 5.55. The molecule has 2 heteroatoms. The Kier molecular flexibility index (Phi) is 3.06. The minimum Gasteiger partial charge on any atom is -0.289 e. The molecule has 0 aromatic heterocycles. The van der Waals surface area contributed by atoms with Crippen LogP contribution in [0.1, 0.15) is 15.9 Å². The molecule has 1 aliphatic rings. The van der Waals surface area contributed by atoms with Gasteiger partial charge in [0.25, 0.3) is 0 Å². The molecule has 118 valence electrons. The molecule has 0 bridgehead atoms. The molecule has 0 N–H and O–H groups in total. The van der Waals surface area contributed by atoms with Gasteiger partial charge in [-0.1, -0.05) is 84.4 Å². The van der Waals surface area contributed by atoms with Crippen molar-refractivity contribution in [2.75, 3.05) is 0 Å². The number of ketones is 1. The van der Waals surface area contributed by atoms with Gasteiger partial charge in [-0.25, -0.2) is 0 Å². The van der Waals surface area contributed by atoms with Gasteiger partial charge in [0.2, 0.25) is 0 Å². The van der Waals surface area contributed by atoms with E-state index in [-0.39, 0.29) is 5.78 Å². The van der Waals surface area contributed by atoms with E-state index >= 15 is 0 Å². The summed E-state index contributed by atoms with van der Waals surface area (Å²) in [7, 11) is 0. The fourth-order valence-corrected chi connectivity index (χ4v) is 4.13. The van der Waals surface area contributed by atoms with Crippen molar-refractivity contribution in [2.45, 2.75) is 0 Å². The molecule has 25 heavy (non-hydrogen) atoms. The quantitative estimate of drug-likeness (QED) is 0.346. The second kappa shape index (κ2) is 5.30. The maximum atomic E-state index is 13.0. The van der Waals surface area contributed by atoms with Crippen LogP contribution in [0, 0.1) is 0 Å². The van der Waals surface area contributed by atoms with Gasteiger partial charge in [-0.15, -0.1) is 0 Å². The van der Waals surface area contributed by atoms with Crippen LogP contribution in [0.2, 0.25) is 5.02 Å². The summed E-state index contributed by atoms with van der Waals surface area (Å²) in [6, 6.07) is 25.7. The minimum atomic E-state index is 0.0787. The summed E-state index contributed by atoms with van der Waals surface area (Å²) < 4.78 is 0. The lowest BCUT2D eigenvalue weighted by Crippen LogP contribution is -2.10. The monoisotopic (exact) mass is 340 g/mol. The fourth-order valence-electron chi connectivity index (χ4n) is 3.81. The summed E-state index contributed by atoms with van der Waals surface area (Å²) in [4.78, 5) is 13.0. The third-order valence-electron chi connectivity index (χ3n) is 4.87. The van der Waals surface area contributed by atoms with Gasteiger partial charge >= 0.3 is 0 Å². The van der Waals surface area contributed by atoms with Gasteiger partial charge in [-0.05, 0) is 22.6 Å². The molecule has 4 aromatic rings. The number of fused-ring (bicyclic) bond motifs is 2. The van der Waals surface area contributed by atoms with Gasteiger partial charge in [0.05, 0.1) is 0 Å². The zero-order valence-corrected chi connectivity index (χ0v) is 14.0. The maximum Gasteiger partial charge on any atom is 0.194 e. The lowest BCUT2D eigenvalue weighted by atomic mass is 9.79. The van der Waals surface area contributed by atoms with E-state index < -0.39 is 0 Å². The van der Waals surface area contributed by atoms with Crippen molar-refractivity contribution < 1.29 is 4.79 Å². The average Bonchev–Trinajstić information content (AvgIpc) is 2.66. The smallest absolute Gasteiger partial charge is 0.194 e. The number of carbonyl (C=O) groups excluding carboxylic acids is 1. The molecule has 0 fully saturated rings. The van der Waals surface area contributed by atoms with Crippen LogP contribution < -0.4 is 0 Å². The summed E-state index contributed by atoms with van der Waals surface area (Å²) >= 11 is 6.72. The number of hydrogen-bond donors (Lipinski definition) is 0. The van der Waals surface area contributed by atoms with Gasteiger partial charge in [0.1, 0.15) is 0 Å². The van der Waals surface area contributed by atoms with Crippen molar-refractivity contribution in [1.82, 2.24) is 0 Å². The van der Waals surface area contributed by atoms with Crippen LogP contribution >= 0.6 is 11.6 Å². The molecule has 0 heterocycles. The summed E-state index contributed by atoms with van der Waals surface area (Å²) in [5, 5.41) is 2.70. The highest BCUT2D eigenvalue weighted by Crippen LogP contribution is 2.47. The summed E-state index contributed by atoms with van der Waals surface area (Å²) in [5.74, 6) is 0.0787. The van der Waals surface area contributed by atoms with Gasteiger partial charge in [0, 0.05) is 32.7 Å². The zero-order valence-electron chi connectivity index (χ0n) is 13.3. The molecule has 0 aliphatic heterocycles.